The summed E-state index contributed by atoms with van der Waals surface area (Å²) in [6.45, 7) is 1.24. The smallest absolute Gasteiger partial charge is 0.122 e. The van der Waals surface area contributed by atoms with Crippen molar-refractivity contribution in [1.82, 2.24) is 0 Å². The van der Waals surface area contributed by atoms with Crippen LogP contribution in [-0.4, -0.2) is 20.3 Å². The van der Waals surface area contributed by atoms with Crippen molar-refractivity contribution in [3.63, 3.8) is 0 Å². The fraction of sp³-hybridized carbons (Fsp3) is 0.400. The second-order valence-corrected chi connectivity index (χ2v) is 3.06. The zero-order valence-electron chi connectivity index (χ0n) is 8.23. The van der Waals surface area contributed by atoms with Gasteiger partial charge in [0, 0.05) is 7.11 Å². The highest BCUT2D eigenvalue weighted by molar-refractivity contribution is 8.93. The van der Waals surface area contributed by atoms with Crippen molar-refractivity contribution in [2.24, 2.45) is 0 Å². The molecule has 80 valence electrons. The van der Waals surface area contributed by atoms with Gasteiger partial charge in [-0.2, -0.15) is 0 Å². The summed E-state index contributed by atoms with van der Waals surface area (Å²) in [7, 11) is 4.37. The number of methoxy groups -OCH3 is 1. The molecule has 0 aliphatic rings. The molecule has 1 rings (SSSR count). The molecule has 4 heteroatoms. The van der Waals surface area contributed by atoms with Gasteiger partial charge in [-0.1, -0.05) is 18.2 Å². The lowest BCUT2D eigenvalue weighted by Crippen LogP contribution is -2.05. The van der Waals surface area contributed by atoms with E-state index in [9.17, 15) is 0 Å². The number of para-hydroxylation sites is 1. The Bertz CT molecular complexity index is 256. The van der Waals surface area contributed by atoms with Crippen LogP contribution in [0.4, 0.5) is 0 Å². The zero-order valence-corrected chi connectivity index (χ0v) is 11.1. The average molecular weight is 279 g/mol. The van der Waals surface area contributed by atoms with Crippen LogP contribution in [0.1, 0.15) is 5.56 Å². The van der Waals surface area contributed by atoms with Crippen LogP contribution < -0.4 is 4.74 Å². The van der Waals surface area contributed by atoms with Gasteiger partial charge in [0.05, 0.1) is 6.61 Å². The third kappa shape index (κ3) is 4.41. The highest BCUT2D eigenvalue weighted by Crippen LogP contribution is 2.20. The van der Waals surface area contributed by atoms with Crippen molar-refractivity contribution in [2.75, 3.05) is 20.3 Å². The first kappa shape index (κ1) is 13.9. The van der Waals surface area contributed by atoms with Crippen molar-refractivity contribution < 1.29 is 9.47 Å². The Morgan fingerprint density at radius 1 is 1.21 bits per heavy atom. The Kier molecular flexibility index (Phi) is 8.15. The number of hydrogen-bond acceptors (Lipinski definition) is 2. The van der Waals surface area contributed by atoms with Gasteiger partial charge in [0.1, 0.15) is 12.4 Å². The van der Waals surface area contributed by atoms with Gasteiger partial charge < -0.3 is 9.47 Å². The minimum atomic E-state index is 0. The Morgan fingerprint density at radius 3 is 2.57 bits per heavy atom. The van der Waals surface area contributed by atoms with E-state index in [4.69, 9.17) is 9.47 Å². The molecule has 0 aromatic heterocycles. The summed E-state index contributed by atoms with van der Waals surface area (Å²) >= 11 is 0. The second-order valence-electron chi connectivity index (χ2n) is 2.65. The molecule has 1 aromatic rings. The molecule has 0 aliphatic heterocycles. The lowest BCUT2D eigenvalue weighted by molar-refractivity contribution is 0.146. The van der Waals surface area contributed by atoms with Crippen LogP contribution >= 0.6 is 26.2 Å². The van der Waals surface area contributed by atoms with Gasteiger partial charge in [-0.05, 0) is 17.8 Å². The zero-order chi connectivity index (χ0) is 9.52. The summed E-state index contributed by atoms with van der Waals surface area (Å²) in [6, 6.07) is 8.04. The lowest BCUT2D eigenvalue weighted by Gasteiger charge is -2.08. The van der Waals surface area contributed by atoms with E-state index in [1.165, 1.54) is 5.56 Å². The second kappa shape index (κ2) is 8.22. The van der Waals surface area contributed by atoms with Crippen LogP contribution in [0.2, 0.25) is 0 Å². The Morgan fingerprint density at radius 2 is 1.93 bits per heavy atom. The highest BCUT2D eigenvalue weighted by atomic mass is 79.9. The van der Waals surface area contributed by atoms with E-state index in [2.05, 4.69) is 15.3 Å². The maximum atomic E-state index is 5.53. The van der Waals surface area contributed by atoms with Crippen LogP contribution in [0.5, 0.6) is 5.75 Å². The van der Waals surface area contributed by atoms with Crippen LogP contribution in [0.25, 0.3) is 0 Å². The molecule has 1 unspecified atom stereocenters. The van der Waals surface area contributed by atoms with E-state index in [-0.39, 0.29) is 17.0 Å². The molecule has 0 saturated carbocycles. The first-order chi connectivity index (χ1) is 6.38. The lowest BCUT2D eigenvalue weighted by atomic mass is 10.2. The predicted octanol–water partition coefficient (Wildman–Crippen LogP) is 2.66. The van der Waals surface area contributed by atoms with E-state index < -0.39 is 0 Å². The number of rotatable bonds is 5. The van der Waals surface area contributed by atoms with Crippen molar-refractivity contribution in [3.05, 3.63) is 29.8 Å². The standard InChI is InChI=1S/C10H15O2P.BrH/c1-11-6-7-12-10-5-3-2-4-9(10)8-13;/h2-5H,6-8,13H2,1H3;1H. The molecule has 0 radical (unpaired) electrons. The van der Waals surface area contributed by atoms with Crippen LogP contribution in [0, 0.1) is 0 Å². The van der Waals surface area contributed by atoms with Crippen molar-refractivity contribution >= 4 is 26.2 Å². The number of ether oxygens (including phenoxy) is 2. The monoisotopic (exact) mass is 278 g/mol. The molecule has 0 fully saturated rings. The summed E-state index contributed by atoms with van der Waals surface area (Å²) in [5, 5.41) is 0. The fourth-order valence-corrected chi connectivity index (χ4v) is 1.39. The van der Waals surface area contributed by atoms with Gasteiger partial charge in [-0.25, -0.2) is 0 Å². The highest BCUT2D eigenvalue weighted by Gasteiger charge is 1.99. The molecular formula is C10H16BrO2P. The van der Waals surface area contributed by atoms with Crippen LogP contribution in [0.3, 0.4) is 0 Å². The molecule has 0 aliphatic carbocycles. The Balaban J connectivity index is 0.00000169. The topological polar surface area (TPSA) is 18.5 Å². The molecule has 1 aromatic carbocycles. The quantitative estimate of drug-likeness (QED) is 0.609. The third-order valence-corrected chi connectivity index (χ3v) is 2.18. The fourth-order valence-electron chi connectivity index (χ4n) is 1.05. The molecule has 2 nitrogen and oxygen atoms in total. The van der Waals surface area contributed by atoms with E-state index in [1.807, 2.05) is 18.2 Å². The Hall–Kier alpha value is -0.110. The summed E-state index contributed by atoms with van der Waals surface area (Å²) in [5.41, 5.74) is 1.21. The molecule has 1 atom stereocenters. The van der Waals surface area contributed by atoms with Crippen LogP contribution in [-0.2, 0) is 10.9 Å². The molecule has 0 bridgehead atoms. The van der Waals surface area contributed by atoms with Crippen molar-refractivity contribution in [3.8, 4) is 5.75 Å². The van der Waals surface area contributed by atoms with E-state index >= 15 is 0 Å². The third-order valence-electron chi connectivity index (χ3n) is 1.74. The van der Waals surface area contributed by atoms with Gasteiger partial charge >= 0.3 is 0 Å². The minimum absolute atomic E-state index is 0. The van der Waals surface area contributed by atoms with Gasteiger partial charge in [0.2, 0.25) is 0 Å². The van der Waals surface area contributed by atoms with Crippen molar-refractivity contribution in [1.29, 1.82) is 0 Å². The number of benzene rings is 1. The van der Waals surface area contributed by atoms with E-state index in [1.54, 1.807) is 7.11 Å². The number of halogens is 1. The molecule has 0 heterocycles. The number of hydrogen-bond donors (Lipinski definition) is 0. The molecule has 0 saturated heterocycles. The summed E-state index contributed by atoms with van der Waals surface area (Å²) < 4.78 is 10.4. The summed E-state index contributed by atoms with van der Waals surface area (Å²) in [6.07, 6.45) is 0.920. The summed E-state index contributed by atoms with van der Waals surface area (Å²) in [4.78, 5) is 0. The maximum Gasteiger partial charge on any atom is 0.122 e. The minimum Gasteiger partial charge on any atom is -0.491 e. The van der Waals surface area contributed by atoms with E-state index in [0.29, 0.717) is 13.2 Å². The summed E-state index contributed by atoms with van der Waals surface area (Å²) in [5.74, 6) is 0.953. The Labute approximate surface area is 98.0 Å². The van der Waals surface area contributed by atoms with Crippen molar-refractivity contribution in [2.45, 2.75) is 6.16 Å². The molecule has 0 spiro atoms. The van der Waals surface area contributed by atoms with Gasteiger partial charge in [-0.15, -0.1) is 26.2 Å². The SMILES string of the molecule is Br.COCCOc1ccccc1CP. The van der Waals surface area contributed by atoms with Gasteiger partial charge in [0.15, 0.2) is 0 Å². The largest absolute Gasteiger partial charge is 0.491 e. The van der Waals surface area contributed by atoms with E-state index in [0.717, 1.165) is 11.9 Å². The predicted molar refractivity (Wildman–Crippen MR) is 67.5 cm³/mol. The average Bonchev–Trinajstić information content (AvgIpc) is 2.19. The maximum absolute atomic E-state index is 5.53. The first-order valence-corrected chi connectivity index (χ1v) is 5.10. The van der Waals surface area contributed by atoms with Crippen LogP contribution in [0.15, 0.2) is 24.3 Å². The normalized spacial score (nSPS) is 9.29. The molecule has 14 heavy (non-hydrogen) atoms. The molecular weight excluding hydrogens is 263 g/mol. The molecule has 0 amide bonds. The van der Waals surface area contributed by atoms with Gasteiger partial charge in [0.25, 0.3) is 0 Å². The molecule has 0 N–H and O–H groups in total. The van der Waals surface area contributed by atoms with Gasteiger partial charge in [-0.3, -0.25) is 0 Å². The first-order valence-electron chi connectivity index (χ1n) is 4.28.